The average Bonchev–Trinajstić information content (AvgIpc) is 2.56. The first-order chi connectivity index (χ1) is 11.2. The molecule has 0 saturated carbocycles. The van der Waals surface area contributed by atoms with E-state index in [1.807, 2.05) is 43.3 Å². The van der Waals surface area contributed by atoms with E-state index in [9.17, 15) is 0 Å². The van der Waals surface area contributed by atoms with Crippen LogP contribution in [0.3, 0.4) is 0 Å². The standard InChI is InChI=1S/C18H19N5/c1-13-6-8-15(9-7-13)22-17-11-14(2)21-18(23-17)20-12-16-5-3-4-10-19-16/h3-11H,12H2,1-2H3,(H2,20,21,22,23). The molecule has 0 atom stereocenters. The first kappa shape index (κ1) is 15.0. The Hall–Kier alpha value is -2.95. The van der Waals surface area contributed by atoms with Crippen molar-refractivity contribution >= 4 is 17.5 Å². The lowest BCUT2D eigenvalue weighted by Crippen LogP contribution is -2.07. The number of rotatable bonds is 5. The Bertz CT molecular complexity index is 769. The van der Waals surface area contributed by atoms with E-state index in [4.69, 9.17) is 0 Å². The zero-order valence-corrected chi connectivity index (χ0v) is 13.2. The van der Waals surface area contributed by atoms with Crippen LogP contribution in [0.1, 0.15) is 17.0 Å². The van der Waals surface area contributed by atoms with Crippen molar-refractivity contribution in [3.63, 3.8) is 0 Å². The first-order valence-electron chi connectivity index (χ1n) is 7.52. The number of benzene rings is 1. The van der Waals surface area contributed by atoms with Crippen molar-refractivity contribution in [3.05, 3.63) is 71.7 Å². The highest BCUT2D eigenvalue weighted by Crippen LogP contribution is 2.17. The van der Waals surface area contributed by atoms with Gasteiger partial charge in [-0.3, -0.25) is 4.98 Å². The molecule has 0 radical (unpaired) electrons. The molecule has 0 amide bonds. The summed E-state index contributed by atoms with van der Waals surface area (Å²) in [5.74, 6) is 1.36. The van der Waals surface area contributed by atoms with Crippen molar-refractivity contribution in [3.8, 4) is 0 Å². The molecule has 0 fully saturated rings. The van der Waals surface area contributed by atoms with Crippen molar-refractivity contribution in [2.75, 3.05) is 10.6 Å². The molecule has 5 nitrogen and oxygen atoms in total. The number of hydrogen-bond acceptors (Lipinski definition) is 5. The van der Waals surface area contributed by atoms with Gasteiger partial charge >= 0.3 is 0 Å². The maximum Gasteiger partial charge on any atom is 0.225 e. The molecule has 1 aromatic carbocycles. The summed E-state index contributed by atoms with van der Waals surface area (Å²) >= 11 is 0. The van der Waals surface area contributed by atoms with Crippen molar-refractivity contribution in [2.45, 2.75) is 20.4 Å². The van der Waals surface area contributed by atoms with Crippen LogP contribution < -0.4 is 10.6 Å². The summed E-state index contributed by atoms with van der Waals surface area (Å²) in [6.07, 6.45) is 1.78. The molecule has 2 heterocycles. The van der Waals surface area contributed by atoms with Gasteiger partial charge in [0.25, 0.3) is 0 Å². The Balaban J connectivity index is 1.72. The van der Waals surface area contributed by atoms with Gasteiger partial charge in [-0.05, 0) is 38.1 Å². The van der Waals surface area contributed by atoms with Gasteiger partial charge in [0.2, 0.25) is 5.95 Å². The van der Waals surface area contributed by atoms with Crippen LogP contribution in [0.2, 0.25) is 0 Å². The highest BCUT2D eigenvalue weighted by Gasteiger charge is 2.03. The molecular weight excluding hydrogens is 286 g/mol. The molecule has 5 heteroatoms. The van der Waals surface area contributed by atoms with Crippen LogP contribution in [0.5, 0.6) is 0 Å². The minimum atomic E-state index is 0.588. The smallest absolute Gasteiger partial charge is 0.225 e. The Morgan fingerprint density at radius 3 is 2.52 bits per heavy atom. The second kappa shape index (κ2) is 6.87. The second-order valence-corrected chi connectivity index (χ2v) is 5.38. The summed E-state index contributed by atoms with van der Waals surface area (Å²) in [5.41, 5.74) is 4.08. The summed E-state index contributed by atoms with van der Waals surface area (Å²) in [4.78, 5) is 13.2. The normalized spacial score (nSPS) is 10.3. The van der Waals surface area contributed by atoms with Crippen LogP contribution in [0.25, 0.3) is 0 Å². The van der Waals surface area contributed by atoms with Gasteiger partial charge in [-0.25, -0.2) is 4.98 Å². The van der Waals surface area contributed by atoms with Gasteiger partial charge in [0.15, 0.2) is 0 Å². The molecule has 3 rings (SSSR count). The molecule has 0 aliphatic carbocycles. The minimum absolute atomic E-state index is 0.588. The number of nitrogens with one attached hydrogen (secondary N) is 2. The third kappa shape index (κ3) is 4.26. The quantitative estimate of drug-likeness (QED) is 0.750. The van der Waals surface area contributed by atoms with E-state index in [1.54, 1.807) is 6.20 Å². The summed E-state index contributed by atoms with van der Waals surface area (Å²) in [5, 5.41) is 6.52. The molecule has 0 unspecified atom stereocenters. The maximum atomic E-state index is 4.51. The lowest BCUT2D eigenvalue weighted by molar-refractivity contribution is 0.991. The molecule has 2 aromatic heterocycles. The van der Waals surface area contributed by atoms with Gasteiger partial charge in [0, 0.05) is 23.6 Å². The average molecular weight is 305 g/mol. The van der Waals surface area contributed by atoms with Crippen LogP contribution in [-0.4, -0.2) is 15.0 Å². The summed E-state index contributed by atoms with van der Waals surface area (Å²) in [6, 6.07) is 16.0. The first-order valence-corrected chi connectivity index (χ1v) is 7.52. The van der Waals surface area contributed by atoms with E-state index in [2.05, 4.69) is 44.6 Å². The Labute approximate surface area is 135 Å². The molecular formula is C18H19N5. The van der Waals surface area contributed by atoms with E-state index >= 15 is 0 Å². The number of anilines is 3. The monoisotopic (exact) mass is 305 g/mol. The van der Waals surface area contributed by atoms with Gasteiger partial charge in [0.05, 0.1) is 12.2 Å². The fraction of sp³-hybridized carbons (Fsp3) is 0.167. The fourth-order valence-corrected chi connectivity index (χ4v) is 2.17. The lowest BCUT2D eigenvalue weighted by Gasteiger charge is -2.10. The van der Waals surface area contributed by atoms with Crippen molar-refractivity contribution in [2.24, 2.45) is 0 Å². The zero-order chi connectivity index (χ0) is 16.1. The third-order valence-electron chi connectivity index (χ3n) is 3.33. The summed E-state index contributed by atoms with van der Waals surface area (Å²) < 4.78 is 0. The van der Waals surface area contributed by atoms with Crippen molar-refractivity contribution < 1.29 is 0 Å². The van der Waals surface area contributed by atoms with Gasteiger partial charge in [-0.1, -0.05) is 23.8 Å². The zero-order valence-electron chi connectivity index (χ0n) is 13.2. The Morgan fingerprint density at radius 1 is 0.957 bits per heavy atom. The van der Waals surface area contributed by atoms with Crippen LogP contribution in [0.4, 0.5) is 17.5 Å². The van der Waals surface area contributed by atoms with E-state index in [-0.39, 0.29) is 0 Å². The van der Waals surface area contributed by atoms with E-state index in [0.29, 0.717) is 12.5 Å². The molecule has 116 valence electrons. The number of aromatic nitrogens is 3. The van der Waals surface area contributed by atoms with Crippen molar-refractivity contribution in [1.82, 2.24) is 15.0 Å². The minimum Gasteiger partial charge on any atom is -0.349 e. The highest BCUT2D eigenvalue weighted by atomic mass is 15.1. The molecule has 0 spiro atoms. The number of hydrogen-bond donors (Lipinski definition) is 2. The van der Waals surface area contributed by atoms with Crippen LogP contribution >= 0.6 is 0 Å². The van der Waals surface area contributed by atoms with Crippen LogP contribution in [-0.2, 0) is 6.54 Å². The van der Waals surface area contributed by atoms with Crippen molar-refractivity contribution in [1.29, 1.82) is 0 Å². The number of aryl methyl sites for hydroxylation is 2. The Morgan fingerprint density at radius 2 is 1.78 bits per heavy atom. The maximum absolute atomic E-state index is 4.51. The summed E-state index contributed by atoms with van der Waals surface area (Å²) in [6.45, 7) is 4.61. The molecule has 0 aliphatic heterocycles. The van der Waals surface area contributed by atoms with E-state index in [0.717, 1.165) is 22.9 Å². The molecule has 2 N–H and O–H groups in total. The topological polar surface area (TPSA) is 62.7 Å². The van der Waals surface area contributed by atoms with Gasteiger partial charge in [0.1, 0.15) is 5.82 Å². The molecule has 0 saturated heterocycles. The number of nitrogens with zero attached hydrogens (tertiary/aromatic N) is 3. The molecule has 0 aliphatic rings. The van der Waals surface area contributed by atoms with Gasteiger partial charge < -0.3 is 10.6 Å². The number of pyridine rings is 1. The molecule has 23 heavy (non-hydrogen) atoms. The van der Waals surface area contributed by atoms with Crippen LogP contribution in [0, 0.1) is 13.8 Å². The predicted molar refractivity (Wildman–Crippen MR) is 92.8 cm³/mol. The van der Waals surface area contributed by atoms with Gasteiger partial charge in [-0.2, -0.15) is 4.98 Å². The summed E-state index contributed by atoms with van der Waals surface area (Å²) in [7, 11) is 0. The van der Waals surface area contributed by atoms with Gasteiger partial charge in [-0.15, -0.1) is 0 Å². The second-order valence-electron chi connectivity index (χ2n) is 5.38. The van der Waals surface area contributed by atoms with E-state index in [1.165, 1.54) is 5.56 Å². The van der Waals surface area contributed by atoms with Crippen LogP contribution in [0.15, 0.2) is 54.7 Å². The largest absolute Gasteiger partial charge is 0.349 e. The van der Waals surface area contributed by atoms with E-state index < -0.39 is 0 Å². The third-order valence-corrected chi connectivity index (χ3v) is 3.33. The molecule has 0 bridgehead atoms. The SMILES string of the molecule is Cc1ccc(Nc2cc(C)nc(NCc3ccccn3)n2)cc1. The predicted octanol–water partition coefficient (Wildman–Crippen LogP) is 3.84. The fourth-order valence-electron chi connectivity index (χ4n) is 2.17. The highest BCUT2D eigenvalue weighted by molar-refractivity contribution is 5.57. The Kier molecular flexibility index (Phi) is 4.47. The molecule has 3 aromatic rings. The lowest BCUT2D eigenvalue weighted by atomic mass is 10.2.